The minimum Gasteiger partial charge on any atom is -0.379 e. The summed E-state index contributed by atoms with van der Waals surface area (Å²) in [6, 6.07) is 0. The minimum absolute atomic E-state index is 0.00305. The summed E-state index contributed by atoms with van der Waals surface area (Å²) < 4.78 is 5.35. The Morgan fingerprint density at radius 2 is 1.67 bits per heavy atom. The molecule has 1 saturated heterocycles. The number of nitrogens with one attached hydrogen (secondary N) is 1. The Labute approximate surface area is 125 Å². The minimum atomic E-state index is -0.587. The van der Waals surface area contributed by atoms with Gasteiger partial charge in [0.25, 0.3) is 0 Å². The monoisotopic (exact) mass is 299 g/mol. The number of carbonyl (C=O) groups excluding carboxylic acids is 3. The summed E-state index contributed by atoms with van der Waals surface area (Å²) in [6.45, 7) is 8.15. The molecule has 1 rings (SSSR count). The molecule has 0 radical (unpaired) electrons. The number of carbonyl (C=O) groups is 3. The number of nitrogens with zero attached hydrogens (tertiary/aromatic N) is 2. The van der Waals surface area contributed by atoms with Crippen molar-refractivity contribution in [2.75, 3.05) is 39.3 Å². The molecule has 0 aliphatic carbocycles. The molecule has 0 saturated carbocycles. The van der Waals surface area contributed by atoms with E-state index in [1.54, 1.807) is 4.90 Å². The first-order valence-electron chi connectivity index (χ1n) is 7.36. The summed E-state index contributed by atoms with van der Waals surface area (Å²) in [7, 11) is 0. The van der Waals surface area contributed by atoms with E-state index >= 15 is 0 Å². The molecule has 0 aromatic heterocycles. The van der Waals surface area contributed by atoms with Gasteiger partial charge in [0.05, 0.1) is 6.10 Å². The van der Waals surface area contributed by atoms with Gasteiger partial charge in [-0.1, -0.05) is 0 Å². The maximum atomic E-state index is 11.9. The average molecular weight is 299 g/mol. The van der Waals surface area contributed by atoms with Gasteiger partial charge in [-0.2, -0.15) is 0 Å². The summed E-state index contributed by atoms with van der Waals surface area (Å²) in [6.07, 6.45) is 0.842. The van der Waals surface area contributed by atoms with Gasteiger partial charge in [0, 0.05) is 46.3 Å². The summed E-state index contributed by atoms with van der Waals surface area (Å²) >= 11 is 0. The summed E-state index contributed by atoms with van der Waals surface area (Å²) in [5.41, 5.74) is 0. The first-order chi connectivity index (χ1) is 9.91. The molecule has 0 unspecified atom stereocenters. The van der Waals surface area contributed by atoms with Crippen LogP contribution in [-0.4, -0.2) is 73.0 Å². The number of ether oxygens (including phenoxy) is 1. The Morgan fingerprint density at radius 3 is 2.19 bits per heavy atom. The molecule has 1 N–H and O–H groups in total. The third kappa shape index (κ3) is 6.12. The zero-order valence-corrected chi connectivity index (χ0v) is 13.1. The third-order valence-electron chi connectivity index (χ3n) is 3.26. The van der Waals surface area contributed by atoms with Crippen molar-refractivity contribution < 1.29 is 19.1 Å². The maximum absolute atomic E-state index is 11.9. The van der Waals surface area contributed by atoms with E-state index in [0.717, 1.165) is 0 Å². The molecule has 21 heavy (non-hydrogen) atoms. The van der Waals surface area contributed by atoms with E-state index in [1.807, 2.05) is 13.8 Å². The lowest BCUT2D eigenvalue weighted by Crippen LogP contribution is -2.53. The molecule has 1 aliphatic heterocycles. The molecular formula is C14H25N3O4. The SMILES string of the molecule is CC(=O)N1CCN(C(=O)C(=O)NCCCOC(C)C)CC1. The molecule has 7 nitrogen and oxygen atoms in total. The van der Waals surface area contributed by atoms with Crippen molar-refractivity contribution in [3.05, 3.63) is 0 Å². The van der Waals surface area contributed by atoms with Gasteiger partial charge in [-0.05, 0) is 20.3 Å². The van der Waals surface area contributed by atoms with Crippen LogP contribution in [0.25, 0.3) is 0 Å². The van der Waals surface area contributed by atoms with Crippen molar-refractivity contribution in [3.63, 3.8) is 0 Å². The zero-order valence-electron chi connectivity index (χ0n) is 13.1. The van der Waals surface area contributed by atoms with Gasteiger partial charge < -0.3 is 19.9 Å². The van der Waals surface area contributed by atoms with Crippen LogP contribution in [0.5, 0.6) is 0 Å². The summed E-state index contributed by atoms with van der Waals surface area (Å²) in [5.74, 6) is -1.12. The second-order valence-corrected chi connectivity index (χ2v) is 5.33. The Bertz CT molecular complexity index is 376. The third-order valence-corrected chi connectivity index (χ3v) is 3.26. The lowest BCUT2D eigenvalue weighted by Gasteiger charge is -2.33. The number of hydrogen-bond donors (Lipinski definition) is 1. The lowest BCUT2D eigenvalue weighted by molar-refractivity contribution is -0.148. The quantitative estimate of drug-likeness (QED) is 0.554. The van der Waals surface area contributed by atoms with E-state index in [0.29, 0.717) is 45.8 Å². The van der Waals surface area contributed by atoms with Crippen molar-refractivity contribution in [2.45, 2.75) is 33.3 Å². The molecule has 7 heteroatoms. The normalized spacial score (nSPS) is 15.2. The zero-order chi connectivity index (χ0) is 15.8. The number of rotatable bonds is 5. The maximum Gasteiger partial charge on any atom is 0.312 e. The first-order valence-corrected chi connectivity index (χ1v) is 7.36. The van der Waals surface area contributed by atoms with Gasteiger partial charge in [0.15, 0.2) is 0 Å². The highest BCUT2D eigenvalue weighted by atomic mass is 16.5. The van der Waals surface area contributed by atoms with Crippen molar-refractivity contribution in [1.82, 2.24) is 15.1 Å². The number of piperazine rings is 1. The highest BCUT2D eigenvalue weighted by Gasteiger charge is 2.26. The number of amides is 3. The molecule has 1 fully saturated rings. The topological polar surface area (TPSA) is 79.0 Å². The van der Waals surface area contributed by atoms with E-state index in [-0.39, 0.29) is 12.0 Å². The summed E-state index contributed by atoms with van der Waals surface area (Å²) in [4.78, 5) is 38.0. The summed E-state index contributed by atoms with van der Waals surface area (Å²) in [5, 5.41) is 2.60. The van der Waals surface area contributed by atoms with Crippen LogP contribution >= 0.6 is 0 Å². The van der Waals surface area contributed by atoms with Gasteiger partial charge in [-0.15, -0.1) is 0 Å². The van der Waals surface area contributed by atoms with Crippen molar-refractivity contribution in [1.29, 1.82) is 0 Å². The highest BCUT2D eigenvalue weighted by molar-refractivity contribution is 6.35. The fourth-order valence-electron chi connectivity index (χ4n) is 2.04. The standard InChI is InChI=1S/C14H25N3O4/c1-11(2)21-10-4-5-15-13(19)14(20)17-8-6-16(7-9-17)12(3)18/h11H,4-10H2,1-3H3,(H,15,19). The van der Waals surface area contributed by atoms with Crippen molar-refractivity contribution >= 4 is 17.7 Å². The predicted octanol–water partition coefficient (Wildman–Crippen LogP) is -0.392. The fourth-order valence-corrected chi connectivity index (χ4v) is 2.04. The van der Waals surface area contributed by atoms with Crippen LogP contribution in [0.1, 0.15) is 27.2 Å². The van der Waals surface area contributed by atoms with Crippen LogP contribution in [0.4, 0.5) is 0 Å². The Balaban J connectivity index is 2.22. The highest BCUT2D eigenvalue weighted by Crippen LogP contribution is 2.02. The second-order valence-electron chi connectivity index (χ2n) is 5.33. The van der Waals surface area contributed by atoms with Crippen LogP contribution in [0.2, 0.25) is 0 Å². The molecule has 0 aromatic rings. The molecule has 0 atom stereocenters. The molecule has 120 valence electrons. The largest absolute Gasteiger partial charge is 0.379 e. The number of hydrogen-bond acceptors (Lipinski definition) is 4. The predicted molar refractivity (Wildman–Crippen MR) is 77.5 cm³/mol. The van der Waals surface area contributed by atoms with Gasteiger partial charge in [-0.25, -0.2) is 0 Å². The van der Waals surface area contributed by atoms with Gasteiger partial charge >= 0.3 is 11.8 Å². The van der Waals surface area contributed by atoms with Crippen molar-refractivity contribution in [3.8, 4) is 0 Å². The fraction of sp³-hybridized carbons (Fsp3) is 0.786. The van der Waals surface area contributed by atoms with Crippen LogP contribution < -0.4 is 5.32 Å². The van der Waals surface area contributed by atoms with Crippen LogP contribution in [0.15, 0.2) is 0 Å². The van der Waals surface area contributed by atoms with Crippen molar-refractivity contribution in [2.24, 2.45) is 0 Å². The molecule has 1 heterocycles. The molecule has 0 spiro atoms. The molecule has 3 amide bonds. The smallest absolute Gasteiger partial charge is 0.312 e. The van der Waals surface area contributed by atoms with Crippen LogP contribution in [-0.2, 0) is 19.1 Å². The lowest BCUT2D eigenvalue weighted by atomic mass is 10.3. The molecular weight excluding hydrogens is 274 g/mol. The van der Waals surface area contributed by atoms with E-state index in [2.05, 4.69) is 5.32 Å². The van der Waals surface area contributed by atoms with E-state index < -0.39 is 11.8 Å². The first kappa shape index (κ1) is 17.4. The average Bonchev–Trinajstić information content (AvgIpc) is 2.45. The molecule has 0 aromatic carbocycles. The van der Waals surface area contributed by atoms with Gasteiger partial charge in [0.1, 0.15) is 0 Å². The molecule has 0 bridgehead atoms. The van der Waals surface area contributed by atoms with Gasteiger partial charge in [0.2, 0.25) is 5.91 Å². The van der Waals surface area contributed by atoms with Gasteiger partial charge in [-0.3, -0.25) is 14.4 Å². The Kier molecular flexibility index (Phi) is 7.14. The Morgan fingerprint density at radius 1 is 1.10 bits per heavy atom. The van der Waals surface area contributed by atoms with E-state index in [4.69, 9.17) is 4.74 Å². The van der Waals surface area contributed by atoms with E-state index in [1.165, 1.54) is 11.8 Å². The Hall–Kier alpha value is -1.63. The second kappa shape index (κ2) is 8.61. The van der Waals surface area contributed by atoms with Crippen LogP contribution in [0, 0.1) is 0 Å². The molecule has 1 aliphatic rings. The van der Waals surface area contributed by atoms with Crippen LogP contribution in [0.3, 0.4) is 0 Å². The van der Waals surface area contributed by atoms with E-state index in [9.17, 15) is 14.4 Å².